The molecule has 1 unspecified atom stereocenters. The van der Waals surface area contributed by atoms with Gasteiger partial charge in [-0.05, 0) is 36.8 Å². The zero-order chi connectivity index (χ0) is 21.0. The number of allylic oxidation sites excluding steroid dienone is 1. The Hall–Kier alpha value is -1.08. The van der Waals surface area contributed by atoms with Crippen molar-refractivity contribution in [3.05, 3.63) is 47.5 Å². The second kappa shape index (κ2) is 18.9. The molecule has 0 aliphatic heterocycles. The summed E-state index contributed by atoms with van der Waals surface area (Å²) in [7, 11) is 0. The van der Waals surface area contributed by atoms with E-state index in [1.165, 1.54) is 102 Å². The van der Waals surface area contributed by atoms with Gasteiger partial charge >= 0.3 is 0 Å². The summed E-state index contributed by atoms with van der Waals surface area (Å²) in [5.41, 5.74) is 2.28. The molecular formula is C28H48O. The van der Waals surface area contributed by atoms with Crippen LogP contribution in [0.1, 0.15) is 135 Å². The molecule has 0 fully saturated rings. The summed E-state index contributed by atoms with van der Waals surface area (Å²) in [5.74, 6) is 0. The second-order valence-electron chi connectivity index (χ2n) is 8.73. The highest BCUT2D eigenvalue weighted by molar-refractivity contribution is 5.25. The van der Waals surface area contributed by atoms with Crippen LogP contribution in [-0.2, 0) is 0 Å². The molecule has 0 spiro atoms. The monoisotopic (exact) mass is 400 g/mol. The number of unbranched alkanes of at least 4 members (excludes halogenated alkanes) is 14. The van der Waals surface area contributed by atoms with Crippen molar-refractivity contribution in [3.63, 3.8) is 0 Å². The van der Waals surface area contributed by atoms with Crippen LogP contribution in [0.4, 0.5) is 0 Å². The van der Waals surface area contributed by atoms with E-state index in [-0.39, 0.29) is 0 Å². The third-order valence-corrected chi connectivity index (χ3v) is 6.00. The Labute approximate surface area is 182 Å². The van der Waals surface area contributed by atoms with E-state index >= 15 is 0 Å². The normalized spacial score (nSPS) is 13.0. The molecule has 0 aliphatic carbocycles. The summed E-state index contributed by atoms with van der Waals surface area (Å²) in [6.45, 7) is 4.55. The van der Waals surface area contributed by atoms with Crippen LogP contribution in [-0.4, -0.2) is 5.11 Å². The minimum Gasteiger partial charge on any atom is -0.384 e. The topological polar surface area (TPSA) is 20.2 Å². The van der Waals surface area contributed by atoms with Crippen molar-refractivity contribution in [1.82, 2.24) is 0 Å². The van der Waals surface area contributed by atoms with Crippen molar-refractivity contribution in [2.24, 2.45) is 0 Å². The van der Waals surface area contributed by atoms with Gasteiger partial charge in [-0.1, -0.05) is 134 Å². The maximum atomic E-state index is 10.9. The second-order valence-corrected chi connectivity index (χ2v) is 8.73. The predicted molar refractivity (Wildman–Crippen MR) is 129 cm³/mol. The van der Waals surface area contributed by atoms with Crippen LogP contribution in [0.15, 0.2) is 42.0 Å². The number of aliphatic hydroxyl groups is 1. The van der Waals surface area contributed by atoms with Gasteiger partial charge < -0.3 is 5.11 Å². The molecule has 1 nitrogen and oxygen atoms in total. The average molecular weight is 401 g/mol. The molecular weight excluding hydrogens is 352 g/mol. The van der Waals surface area contributed by atoms with E-state index in [1.807, 2.05) is 18.2 Å². The molecule has 0 saturated heterocycles. The maximum Gasteiger partial charge on any atom is 0.100 e. The van der Waals surface area contributed by atoms with Gasteiger partial charge in [-0.3, -0.25) is 0 Å². The van der Waals surface area contributed by atoms with E-state index in [0.717, 1.165) is 18.4 Å². The van der Waals surface area contributed by atoms with Gasteiger partial charge in [-0.25, -0.2) is 0 Å². The Morgan fingerprint density at radius 1 is 0.690 bits per heavy atom. The zero-order valence-electron chi connectivity index (χ0n) is 19.5. The Balaban J connectivity index is 2.37. The SMILES string of the molecule is CCCCCCCCC/C=C(/CCCCCCCCCC)C(O)c1ccccc1. The summed E-state index contributed by atoms with van der Waals surface area (Å²) in [4.78, 5) is 0. The number of aliphatic hydroxyl groups excluding tert-OH is 1. The largest absolute Gasteiger partial charge is 0.384 e. The van der Waals surface area contributed by atoms with Gasteiger partial charge in [-0.2, -0.15) is 0 Å². The highest BCUT2D eigenvalue weighted by atomic mass is 16.3. The van der Waals surface area contributed by atoms with Gasteiger partial charge in [0.25, 0.3) is 0 Å². The first-order chi connectivity index (χ1) is 14.3. The fraction of sp³-hybridized carbons (Fsp3) is 0.714. The summed E-state index contributed by atoms with van der Waals surface area (Å²) in [6.07, 6.45) is 24.2. The number of hydrogen-bond donors (Lipinski definition) is 1. The molecule has 0 aliphatic rings. The first-order valence-electron chi connectivity index (χ1n) is 12.7. The Morgan fingerprint density at radius 3 is 1.72 bits per heavy atom. The van der Waals surface area contributed by atoms with E-state index in [1.54, 1.807) is 0 Å². The number of rotatable bonds is 19. The van der Waals surface area contributed by atoms with Crippen molar-refractivity contribution in [2.45, 2.75) is 129 Å². The van der Waals surface area contributed by atoms with Crippen LogP contribution in [0, 0.1) is 0 Å². The third-order valence-electron chi connectivity index (χ3n) is 6.00. The molecule has 0 amide bonds. The molecule has 1 rings (SSSR count). The van der Waals surface area contributed by atoms with E-state index in [9.17, 15) is 5.11 Å². The fourth-order valence-corrected chi connectivity index (χ4v) is 4.05. The van der Waals surface area contributed by atoms with Crippen LogP contribution in [0.5, 0.6) is 0 Å². The molecule has 0 saturated carbocycles. The standard InChI is InChI=1S/C28H48O/c1-3-5-7-9-11-13-15-18-22-26(28(29)27-24-20-17-21-25-27)23-19-16-14-12-10-8-6-4-2/h17,20-22,24-25,28-29H,3-16,18-19,23H2,1-2H3/b26-22-. The minimum absolute atomic E-state index is 0.426. The van der Waals surface area contributed by atoms with Crippen LogP contribution in [0.3, 0.4) is 0 Å². The maximum absolute atomic E-state index is 10.9. The molecule has 0 radical (unpaired) electrons. The summed E-state index contributed by atoms with van der Waals surface area (Å²) >= 11 is 0. The molecule has 1 atom stereocenters. The van der Waals surface area contributed by atoms with Gasteiger partial charge in [0.1, 0.15) is 6.10 Å². The lowest BCUT2D eigenvalue weighted by atomic mass is 9.94. The molecule has 0 heterocycles. The van der Waals surface area contributed by atoms with E-state index in [0.29, 0.717) is 0 Å². The highest BCUT2D eigenvalue weighted by Gasteiger charge is 2.12. The summed E-state index contributed by atoms with van der Waals surface area (Å²) < 4.78 is 0. The number of hydrogen-bond acceptors (Lipinski definition) is 1. The van der Waals surface area contributed by atoms with E-state index < -0.39 is 6.10 Å². The lowest BCUT2D eigenvalue weighted by molar-refractivity contribution is 0.210. The molecule has 1 heteroatoms. The molecule has 0 aromatic heterocycles. The molecule has 1 aromatic carbocycles. The van der Waals surface area contributed by atoms with Crippen LogP contribution in [0.2, 0.25) is 0 Å². The molecule has 1 aromatic rings. The van der Waals surface area contributed by atoms with Crippen molar-refractivity contribution in [3.8, 4) is 0 Å². The quantitative estimate of drug-likeness (QED) is 0.181. The molecule has 0 bridgehead atoms. The number of benzene rings is 1. The van der Waals surface area contributed by atoms with Crippen molar-refractivity contribution < 1.29 is 5.11 Å². The zero-order valence-corrected chi connectivity index (χ0v) is 19.5. The van der Waals surface area contributed by atoms with Crippen molar-refractivity contribution >= 4 is 0 Å². The summed E-state index contributed by atoms with van der Waals surface area (Å²) in [6, 6.07) is 10.2. The predicted octanol–water partition coefficient (Wildman–Crippen LogP) is 9.32. The van der Waals surface area contributed by atoms with Crippen LogP contribution < -0.4 is 0 Å². The van der Waals surface area contributed by atoms with Gasteiger partial charge in [0.05, 0.1) is 0 Å². The first kappa shape index (κ1) is 26.0. The van der Waals surface area contributed by atoms with Gasteiger partial charge in [-0.15, -0.1) is 0 Å². The Morgan fingerprint density at radius 2 is 1.17 bits per heavy atom. The van der Waals surface area contributed by atoms with Crippen molar-refractivity contribution in [1.29, 1.82) is 0 Å². The van der Waals surface area contributed by atoms with Gasteiger partial charge in [0.15, 0.2) is 0 Å². The molecule has 29 heavy (non-hydrogen) atoms. The van der Waals surface area contributed by atoms with E-state index in [2.05, 4.69) is 32.1 Å². The minimum atomic E-state index is -0.426. The van der Waals surface area contributed by atoms with Crippen molar-refractivity contribution in [2.75, 3.05) is 0 Å². The summed E-state index contributed by atoms with van der Waals surface area (Å²) in [5, 5.41) is 10.9. The average Bonchev–Trinajstić information content (AvgIpc) is 2.76. The highest BCUT2D eigenvalue weighted by Crippen LogP contribution is 2.27. The molecule has 166 valence electrons. The third kappa shape index (κ3) is 13.7. The Kier molecular flexibility index (Phi) is 16.9. The molecule has 1 N–H and O–H groups in total. The van der Waals surface area contributed by atoms with Crippen LogP contribution in [0.25, 0.3) is 0 Å². The van der Waals surface area contributed by atoms with E-state index in [4.69, 9.17) is 0 Å². The first-order valence-corrected chi connectivity index (χ1v) is 12.7. The lowest BCUT2D eigenvalue weighted by Crippen LogP contribution is -2.02. The lowest BCUT2D eigenvalue weighted by Gasteiger charge is -2.16. The fourth-order valence-electron chi connectivity index (χ4n) is 4.05. The van der Waals surface area contributed by atoms with Gasteiger partial charge in [0.2, 0.25) is 0 Å². The van der Waals surface area contributed by atoms with Crippen LogP contribution >= 0.6 is 0 Å². The van der Waals surface area contributed by atoms with Gasteiger partial charge in [0, 0.05) is 0 Å². The Bertz CT molecular complexity index is 490. The smallest absolute Gasteiger partial charge is 0.100 e.